The van der Waals surface area contributed by atoms with Crippen molar-refractivity contribution < 1.29 is 9.90 Å². The Kier molecular flexibility index (Phi) is 3.73. The highest BCUT2D eigenvalue weighted by atomic mass is 16.4. The number of hydrogen-bond donors (Lipinski definition) is 1. The maximum Gasteiger partial charge on any atom is 0.303 e. The predicted molar refractivity (Wildman–Crippen MR) is 81.5 cm³/mol. The molecule has 2 heterocycles. The fourth-order valence-corrected chi connectivity index (χ4v) is 3.05. The average Bonchev–Trinajstić information content (AvgIpc) is 2.94. The molecule has 21 heavy (non-hydrogen) atoms. The molecule has 0 bridgehead atoms. The molecule has 1 aromatic heterocycles. The maximum absolute atomic E-state index is 10.7. The number of anilines is 1. The van der Waals surface area contributed by atoms with E-state index in [0.29, 0.717) is 5.92 Å². The van der Waals surface area contributed by atoms with E-state index in [-0.39, 0.29) is 6.42 Å². The molecule has 2 aromatic rings. The van der Waals surface area contributed by atoms with Crippen molar-refractivity contribution in [1.82, 2.24) is 10.2 Å². The summed E-state index contributed by atoms with van der Waals surface area (Å²) in [4.78, 5) is 12.9. The molecule has 0 spiro atoms. The lowest BCUT2D eigenvalue weighted by atomic mass is 10.0. The molecule has 5 heteroatoms. The number of aromatic nitrogens is 2. The summed E-state index contributed by atoms with van der Waals surface area (Å²) in [6.45, 7) is 3.76. The van der Waals surface area contributed by atoms with Gasteiger partial charge in [-0.15, -0.1) is 5.10 Å². The Bertz CT molecular complexity index is 672. The summed E-state index contributed by atoms with van der Waals surface area (Å²) in [5.74, 6) is 0.644. The van der Waals surface area contributed by atoms with Gasteiger partial charge in [0.25, 0.3) is 0 Å². The molecular formula is C16H19N3O2. The minimum atomic E-state index is -0.714. The summed E-state index contributed by atoms with van der Waals surface area (Å²) in [6, 6.07) is 8.18. The van der Waals surface area contributed by atoms with Crippen LogP contribution in [0.25, 0.3) is 10.8 Å². The number of carboxylic acids is 1. The molecule has 110 valence electrons. The Hall–Kier alpha value is -2.17. The number of carboxylic acid groups (broad SMARTS) is 1. The first-order valence-corrected chi connectivity index (χ1v) is 7.34. The Morgan fingerprint density at radius 3 is 2.86 bits per heavy atom. The van der Waals surface area contributed by atoms with Gasteiger partial charge in [0.15, 0.2) is 5.82 Å². The highest BCUT2D eigenvalue weighted by molar-refractivity contribution is 5.93. The Labute approximate surface area is 123 Å². The van der Waals surface area contributed by atoms with Crippen molar-refractivity contribution in [2.24, 2.45) is 5.92 Å². The molecule has 1 atom stereocenters. The number of aliphatic carboxylic acids is 1. The largest absolute Gasteiger partial charge is 0.481 e. The predicted octanol–water partition coefficient (Wildman–Crippen LogP) is 2.63. The maximum atomic E-state index is 10.7. The smallest absolute Gasteiger partial charge is 0.303 e. The van der Waals surface area contributed by atoms with Crippen molar-refractivity contribution >= 4 is 22.6 Å². The van der Waals surface area contributed by atoms with E-state index >= 15 is 0 Å². The third-order valence-electron chi connectivity index (χ3n) is 4.20. The van der Waals surface area contributed by atoms with Crippen LogP contribution in [-0.4, -0.2) is 34.4 Å². The third kappa shape index (κ3) is 2.82. The SMILES string of the molecule is Cc1nnc(N2CCC(CCC(=O)O)C2)c2ccccc12. The van der Waals surface area contributed by atoms with Crippen molar-refractivity contribution in [2.75, 3.05) is 18.0 Å². The van der Waals surface area contributed by atoms with E-state index in [1.54, 1.807) is 0 Å². The highest BCUT2D eigenvalue weighted by Gasteiger charge is 2.25. The van der Waals surface area contributed by atoms with Crippen LogP contribution in [0.1, 0.15) is 25.0 Å². The van der Waals surface area contributed by atoms with E-state index in [4.69, 9.17) is 5.11 Å². The van der Waals surface area contributed by atoms with Gasteiger partial charge in [-0.3, -0.25) is 4.79 Å². The summed E-state index contributed by atoms with van der Waals surface area (Å²) >= 11 is 0. The second-order valence-corrected chi connectivity index (χ2v) is 5.69. The van der Waals surface area contributed by atoms with Gasteiger partial charge in [0.1, 0.15) is 0 Å². The van der Waals surface area contributed by atoms with Crippen LogP contribution in [0.3, 0.4) is 0 Å². The topological polar surface area (TPSA) is 66.3 Å². The average molecular weight is 285 g/mol. The summed E-state index contributed by atoms with van der Waals surface area (Å²) < 4.78 is 0. The molecule has 0 aliphatic carbocycles. The molecule has 3 rings (SSSR count). The van der Waals surface area contributed by atoms with Crippen molar-refractivity contribution in [3.05, 3.63) is 30.0 Å². The molecule has 1 fully saturated rings. The normalized spacial score (nSPS) is 18.3. The van der Waals surface area contributed by atoms with E-state index < -0.39 is 5.97 Å². The summed E-state index contributed by atoms with van der Waals surface area (Å²) in [5, 5.41) is 19.7. The minimum Gasteiger partial charge on any atom is -0.481 e. The summed E-state index contributed by atoms with van der Waals surface area (Å²) in [5.41, 5.74) is 0.941. The summed E-state index contributed by atoms with van der Waals surface area (Å²) in [7, 11) is 0. The van der Waals surface area contributed by atoms with Crippen LogP contribution in [0, 0.1) is 12.8 Å². The van der Waals surface area contributed by atoms with Gasteiger partial charge in [-0.05, 0) is 25.7 Å². The van der Waals surface area contributed by atoms with E-state index in [1.165, 1.54) is 0 Å². The van der Waals surface area contributed by atoms with Gasteiger partial charge in [-0.25, -0.2) is 0 Å². The molecule has 0 amide bonds. The lowest BCUT2D eigenvalue weighted by molar-refractivity contribution is -0.137. The first-order chi connectivity index (χ1) is 10.1. The summed E-state index contributed by atoms with van der Waals surface area (Å²) in [6.07, 6.45) is 2.01. The second-order valence-electron chi connectivity index (χ2n) is 5.69. The molecular weight excluding hydrogens is 266 g/mol. The zero-order valence-corrected chi connectivity index (χ0v) is 12.1. The number of aryl methyl sites for hydroxylation is 1. The molecule has 1 aromatic carbocycles. The molecule has 1 unspecified atom stereocenters. The van der Waals surface area contributed by atoms with Gasteiger partial charge in [0.05, 0.1) is 5.69 Å². The molecule has 1 aliphatic heterocycles. The van der Waals surface area contributed by atoms with E-state index in [9.17, 15) is 4.79 Å². The van der Waals surface area contributed by atoms with Crippen molar-refractivity contribution in [2.45, 2.75) is 26.2 Å². The van der Waals surface area contributed by atoms with Crippen LogP contribution in [0.2, 0.25) is 0 Å². The first-order valence-electron chi connectivity index (χ1n) is 7.34. The van der Waals surface area contributed by atoms with Crippen LogP contribution in [-0.2, 0) is 4.79 Å². The van der Waals surface area contributed by atoms with Crippen LogP contribution in [0.5, 0.6) is 0 Å². The monoisotopic (exact) mass is 285 g/mol. The second kappa shape index (κ2) is 5.68. The van der Waals surface area contributed by atoms with Gasteiger partial charge in [0, 0.05) is 30.3 Å². The molecule has 1 aliphatic rings. The van der Waals surface area contributed by atoms with Crippen LogP contribution in [0.4, 0.5) is 5.82 Å². The standard InChI is InChI=1S/C16H19N3O2/c1-11-13-4-2-3-5-14(13)16(18-17-11)19-9-8-12(10-19)6-7-15(20)21/h2-5,12H,6-10H2,1H3,(H,20,21). The fourth-order valence-electron chi connectivity index (χ4n) is 3.05. The first kappa shape index (κ1) is 13.8. The lowest BCUT2D eigenvalue weighted by Gasteiger charge is -2.19. The van der Waals surface area contributed by atoms with Crippen molar-refractivity contribution in [1.29, 1.82) is 0 Å². The number of fused-ring (bicyclic) bond motifs is 1. The quantitative estimate of drug-likeness (QED) is 0.935. The zero-order chi connectivity index (χ0) is 14.8. The number of carbonyl (C=O) groups is 1. The van der Waals surface area contributed by atoms with Gasteiger partial charge in [0.2, 0.25) is 0 Å². The fraction of sp³-hybridized carbons (Fsp3) is 0.438. The zero-order valence-electron chi connectivity index (χ0n) is 12.1. The number of nitrogens with zero attached hydrogens (tertiary/aromatic N) is 3. The lowest BCUT2D eigenvalue weighted by Crippen LogP contribution is -2.22. The van der Waals surface area contributed by atoms with E-state index in [0.717, 1.165) is 48.2 Å². The van der Waals surface area contributed by atoms with Gasteiger partial charge >= 0.3 is 5.97 Å². The number of hydrogen-bond acceptors (Lipinski definition) is 4. The van der Waals surface area contributed by atoms with Gasteiger partial charge < -0.3 is 10.0 Å². The van der Waals surface area contributed by atoms with Crippen LogP contribution < -0.4 is 4.90 Å². The Balaban J connectivity index is 1.82. The van der Waals surface area contributed by atoms with Gasteiger partial charge in [-0.1, -0.05) is 24.3 Å². The van der Waals surface area contributed by atoms with Crippen molar-refractivity contribution in [3.8, 4) is 0 Å². The third-order valence-corrected chi connectivity index (χ3v) is 4.20. The molecule has 5 nitrogen and oxygen atoms in total. The van der Waals surface area contributed by atoms with E-state index in [2.05, 4.69) is 27.2 Å². The minimum absolute atomic E-state index is 0.249. The molecule has 0 saturated carbocycles. The molecule has 1 N–H and O–H groups in total. The number of benzene rings is 1. The number of rotatable bonds is 4. The Morgan fingerprint density at radius 2 is 2.10 bits per heavy atom. The van der Waals surface area contributed by atoms with E-state index in [1.807, 2.05) is 19.1 Å². The molecule has 1 saturated heterocycles. The van der Waals surface area contributed by atoms with Crippen LogP contribution in [0.15, 0.2) is 24.3 Å². The Morgan fingerprint density at radius 1 is 1.33 bits per heavy atom. The van der Waals surface area contributed by atoms with Gasteiger partial charge in [-0.2, -0.15) is 5.10 Å². The van der Waals surface area contributed by atoms with Crippen LogP contribution >= 0.6 is 0 Å². The van der Waals surface area contributed by atoms with Crippen molar-refractivity contribution in [3.63, 3.8) is 0 Å². The molecule has 0 radical (unpaired) electrons. The highest BCUT2D eigenvalue weighted by Crippen LogP contribution is 2.30.